The Kier molecular flexibility index (Phi) is 7.35. The molecule has 0 atom stereocenters. The molecular formula is C21H27N3O4S3. The quantitative estimate of drug-likeness (QED) is 0.518. The van der Waals surface area contributed by atoms with Crippen molar-refractivity contribution in [2.45, 2.75) is 32.1 Å². The third-order valence-electron chi connectivity index (χ3n) is 5.36. The van der Waals surface area contributed by atoms with Crippen molar-refractivity contribution in [2.24, 2.45) is 0 Å². The minimum absolute atomic E-state index is 0.302. The molecule has 168 valence electrons. The van der Waals surface area contributed by atoms with Crippen molar-refractivity contribution in [3.8, 4) is 0 Å². The van der Waals surface area contributed by atoms with Gasteiger partial charge < -0.3 is 15.0 Å². The van der Waals surface area contributed by atoms with Crippen LogP contribution in [0.2, 0.25) is 0 Å². The first-order valence-electron chi connectivity index (χ1n) is 10.0. The molecule has 2 aromatic rings. The standard InChI is InChI=1S/C21H27N3O4S3/c1-5-17-15(3)30-19(18(17)20(25)28-4)22-21(29)23-10-12-24(13-11-23)31(26,27)16-8-6-14(2)7-9-16/h6-9H,5,10-13H2,1-4H3,(H,22,29). The van der Waals surface area contributed by atoms with E-state index in [4.69, 9.17) is 17.0 Å². The summed E-state index contributed by atoms with van der Waals surface area (Å²) in [5.41, 5.74) is 2.49. The van der Waals surface area contributed by atoms with Gasteiger partial charge in [0.1, 0.15) is 5.00 Å². The number of nitrogens with zero attached hydrogens (tertiary/aromatic N) is 2. The number of nitrogens with one attached hydrogen (secondary N) is 1. The highest BCUT2D eigenvalue weighted by atomic mass is 32.2. The molecule has 0 saturated carbocycles. The van der Waals surface area contributed by atoms with Gasteiger partial charge in [-0.1, -0.05) is 24.6 Å². The second-order valence-corrected chi connectivity index (χ2v) is 10.9. The minimum Gasteiger partial charge on any atom is -0.465 e. The number of thiophene rings is 1. The van der Waals surface area contributed by atoms with Gasteiger partial charge in [0, 0.05) is 31.1 Å². The summed E-state index contributed by atoms with van der Waals surface area (Å²) in [6, 6.07) is 6.88. The highest BCUT2D eigenvalue weighted by molar-refractivity contribution is 7.89. The van der Waals surface area contributed by atoms with Crippen LogP contribution in [0.5, 0.6) is 0 Å². The van der Waals surface area contributed by atoms with E-state index in [0.29, 0.717) is 46.8 Å². The van der Waals surface area contributed by atoms with E-state index >= 15 is 0 Å². The van der Waals surface area contributed by atoms with Gasteiger partial charge in [-0.3, -0.25) is 0 Å². The van der Waals surface area contributed by atoms with Crippen molar-refractivity contribution < 1.29 is 17.9 Å². The van der Waals surface area contributed by atoms with Gasteiger partial charge >= 0.3 is 5.97 Å². The molecule has 10 heteroatoms. The highest BCUT2D eigenvalue weighted by Gasteiger charge is 2.30. The van der Waals surface area contributed by atoms with Gasteiger partial charge in [0.05, 0.1) is 17.6 Å². The lowest BCUT2D eigenvalue weighted by Gasteiger charge is -2.35. The van der Waals surface area contributed by atoms with Gasteiger partial charge in [-0.15, -0.1) is 11.3 Å². The van der Waals surface area contributed by atoms with Gasteiger partial charge in [0.2, 0.25) is 10.0 Å². The van der Waals surface area contributed by atoms with Crippen molar-refractivity contribution in [1.29, 1.82) is 0 Å². The van der Waals surface area contributed by atoms with Crippen LogP contribution < -0.4 is 5.32 Å². The predicted octanol–water partition coefficient (Wildman–Crippen LogP) is 3.42. The first-order valence-corrected chi connectivity index (χ1v) is 12.7. The molecule has 0 bridgehead atoms. The van der Waals surface area contributed by atoms with Gasteiger partial charge in [0.25, 0.3) is 0 Å². The minimum atomic E-state index is -3.53. The summed E-state index contributed by atoms with van der Waals surface area (Å²) in [7, 11) is -2.16. The third-order valence-corrected chi connectivity index (χ3v) is 8.69. The Bertz CT molecular complexity index is 1070. The van der Waals surface area contributed by atoms with Crippen LogP contribution in [0.25, 0.3) is 0 Å². The monoisotopic (exact) mass is 481 g/mol. The van der Waals surface area contributed by atoms with Crippen molar-refractivity contribution in [1.82, 2.24) is 9.21 Å². The lowest BCUT2D eigenvalue weighted by molar-refractivity contribution is 0.0601. The lowest BCUT2D eigenvalue weighted by Crippen LogP contribution is -2.51. The summed E-state index contributed by atoms with van der Waals surface area (Å²) in [5, 5.41) is 4.33. The van der Waals surface area contributed by atoms with Gasteiger partial charge in [0.15, 0.2) is 5.11 Å². The molecule has 31 heavy (non-hydrogen) atoms. The molecule has 1 aliphatic heterocycles. The number of sulfonamides is 1. The highest BCUT2D eigenvalue weighted by Crippen LogP contribution is 2.34. The molecule has 1 aromatic carbocycles. The second-order valence-electron chi connectivity index (χ2n) is 7.32. The number of rotatable bonds is 5. The van der Waals surface area contributed by atoms with Crippen molar-refractivity contribution in [3.05, 3.63) is 45.8 Å². The zero-order valence-corrected chi connectivity index (χ0v) is 20.5. The predicted molar refractivity (Wildman–Crippen MR) is 128 cm³/mol. The molecule has 1 fully saturated rings. The number of hydrogen-bond acceptors (Lipinski definition) is 6. The van der Waals surface area contributed by atoms with E-state index in [1.54, 1.807) is 24.3 Å². The molecule has 1 N–H and O–H groups in total. The number of aryl methyl sites for hydroxylation is 2. The molecule has 0 aliphatic carbocycles. The second kappa shape index (κ2) is 9.64. The summed E-state index contributed by atoms with van der Waals surface area (Å²) < 4.78 is 32.2. The van der Waals surface area contributed by atoms with E-state index in [2.05, 4.69) is 5.32 Å². The van der Waals surface area contributed by atoms with Crippen LogP contribution in [0.4, 0.5) is 5.00 Å². The van der Waals surface area contributed by atoms with Gasteiger partial charge in [-0.25, -0.2) is 13.2 Å². The van der Waals surface area contributed by atoms with E-state index in [1.807, 2.05) is 25.7 Å². The van der Waals surface area contributed by atoms with Crippen LogP contribution in [0.1, 0.15) is 33.3 Å². The Morgan fingerprint density at radius 2 is 1.77 bits per heavy atom. The molecule has 0 radical (unpaired) electrons. The van der Waals surface area contributed by atoms with Gasteiger partial charge in [-0.2, -0.15) is 4.31 Å². The topological polar surface area (TPSA) is 79.0 Å². The third kappa shape index (κ3) is 4.92. The van der Waals surface area contributed by atoms with E-state index in [0.717, 1.165) is 22.4 Å². The number of carbonyl (C=O) groups excluding carboxylic acids is 1. The fourth-order valence-corrected chi connectivity index (χ4v) is 6.48. The summed E-state index contributed by atoms with van der Waals surface area (Å²) in [5.74, 6) is -0.388. The first kappa shape index (κ1) is 23.6. The maximum Gasteiger partial charge on any atom is 0.341 e. The zero-order valence-electron chi connectivity index (χ0n) is 18.1. The normalized spacial score (nSPS) is 15.0. The molecule has 0 unspecified atom stereocenters. The van der Waals surface area contributed by atoms with E-state index < -0.39 is 10.0 Å². The molecule has 7 nitrogen and oxygen atoms in total. The molecule has 1 aromatic heterocycles. The molecule has 1 saturated heterocycles. The maximum atomic E-state index is 12.9. The Hall–Kier alpha value is -2.01. The Labute approximate surface area is 193 Å². The van der Waals surface area contributed by atoms with Crippen LogP contribution >= 0.6 is 23.6 Å². The number of benzene rings is 1. The Balaban J connectivity index is 1.69. The summed E-state index contributed by atoms with van der Waals surface area (Å²) >= 11 is 7.04. The average Bonchev–Trinajstić information content (AvgIpc) is 3.08. The van der Waals surface area contributed by atoms with Crippen molar-refractivity contribution in [3.63, 3.8) is 0 Å². The van der Waals surface area contributed by atoms with E-state index in [-0.39, 0.29) is 5.97 Å². The Morgan fingerprint density at radius 1 is 1.16 bits per heavy atom. The van der Waals surface area contributed by atoms with Crippen LogP contribution in [0, 0.1) is 13.8 Å². The summed E-state index contributed by atoms with van der Waals surface area (Å²) in [4.78, 5) is 15.6. The van der Waals surface area contributed by atoms with Crippen LogP contribution in [0.3, 0.4) is 0 Å². The largest absolute Gasteiger partial charge is 0.465 e. The first-order chi connectivity index (χ1) is 14.7. The molecule has 1 aliphatic rings. The Morgan fingerprint density at radius 3 is 2.32 bits per heavy atom. The van der Waals surface area contributed by atoms with Crippen LogP contribution in [0.15, 0.2) is 29.2 Å². The molecule has 2 heterocycles. The fourth-order valence-electron chi connectivity index (χ4n) is 3.58. The lowest BCUT2D eigenvalue weighted by atomic mass is 10.1. The summed E-state index contributed by atoms with van der Waals surface area (Å²) in [6.45, 7) is 7.51. The number of piperazine rings is 1. The molecule has 3 rings (SSSR count). The number of ether oxygens (including phenoxy) is 1. The molecular weight excluding hydrogens is 454 g/mol. The number of thiocarbonyl (C=S) groups is 1. The number of carbonyl (C=O) groups is 1. The number of methoxy groups -OCH3 is 1. The van der Waals surface area contributed by atoms with Crippen LogP contribution in [-0.4, -0.2) is 62.0 Å². The molecule has 0 spiro atoms. The molecule has 0 amide bonds. The fraction of sp³-hybridized carbons (Fsp3) is 0.429. The van der Waals surface area contributed by atoms with Gasteiger partial charge in [-0.05, 0) is 50.2 Å². The van der Waals surface area contributed by atoms with Crippen LogP contribution in [-0.2, 0) is 21.2 Å². The summed E-state index contributed by atoms with van der Waals surface area (Å²) in [6.07, 6.45) is 0.719. The van der Waals surface area contributed by atoms with E-state index in [9.17, 15) is 13.2 Å². The zero-order chi connectivity index (χ0) is 22.8. The smallest absolute Gasteiger partial charge is 0.341 e. The maximum absolute atomic E-state index is 12.9. The average molecular weight is 482 g/mol. The van der Waals surface area contributed by atoms with E-state index in [1.165, 1.54) is 22.8 Å². The SMILES string of the molecule is CCc1c(C)sc(NC(=S)N2CCN(S(=O)(=O)c3ccc(C)cc3)CC2)c1C(=O)OC. The number of anilines is 1. The number of hydrogen-bond donors (Lipinski definition) is 1. The van der Waals surface area contributed by atoms with Crippen molar-refractivity contribution in [2.75, 3.05) is 38.6 Å². The number of esters is 1. The van der Waals surface area contributed by atoms with Crippen molar-refractivity contribution >= 4 is 49.7 Å².